The highest BCUT2D eigenvalue weighted by atomic mass is 16.1. The smallest absolute Gasteiger partial charge is 0.251 e. The van der Waals surface area contributed by atoms with Crippen LogP contribution in [0.1, 0.15) is 11.6 Å². The fraction of sp³-hybridized carbons (Fsp3) is 0.250. The monoisotopic (exact) mass is 226 g/mol. The van der Waals surface area contributed by atoms with Gasteiger partial charge in [0.2, 0.25) is 0 Å². The van der Waals surface area contributed by atoms with E-state index in [9.17, 15) is 4.79 Å². The zero-order valence-corrected chi connectivity index (χ0v) is 9.08. The second-order valence-electron chi connectivity index (χ2n) is 4.17. The van der Waals surface area contributed by atoms with E-state index in [0.717, 1.165) is 22.9 Å². The SMILES string of the molecule is [N-]=[N+]=NCC1Cc2cccc3ccc(=O)n1c23. The highest BCUT2D eigenvalue weighted by molar-refractivity contribution is 5.83. The summed E-state index contributed by atoms with van der Waals surface area (Å²) in [6, 6.07) is 9.37. The Bertz CT molecular complexity index is 697. The predicted molar refractivity (Wildman–Crippen MR) is 65.0 cm³/mol. The van der Waals surface area contributed by atoms with E-state index >= 15 is 0 Å². The van der Waals surface area contributed by atoms with E-state index < -0.39 is 0 Å². The zero-order chi connectivity index (χ0) is 11.8. The summed E-state index contributed by atoms with van der Waals surface area (Å²) >= 11 is 0. The molecular weight excluding hydrogens is 216 g/mol. The summed E-state index contributed by atoms with van der Waals surface area (Å²) in [6.07, 6.45) is 0.760. The summed E-state index contributed by atoms with van der Waals surface area (Å²) < 4.78 is 1.75. The van der Waals surface area contributed by atoms with Gasteiger partial charge in [-0.25, -0.2) is 0 Å². The van der Waals surface area contributed by atoms with Gasteiger partial charge in [0, 0.05) is 23.6 Å². The molecule has 0 radical (unpaired) electrons. The van der Waals surface area contributed by atoms with Gasteiger partial charge in [0.15, 0.2) is 0 Å². The van der Waals surface area contributed by atoms with Gasteiger partial charge in [0.05, 0.1) is 5.52 Å². The van der Waals surface area contributed by atoms with Gasteiger partial charge in [-0.05, 0) is 29.0 Å². The lowest BCUT2D eigenvalue weighted by molar-refractivity contribution is 0.538. The van der Waals surface area contributed by atoms with E-state index in [1.807, 2.05) is 24.3 Å². The molecule has 1 atom stereocenters. The maximum atomic E-state index is 11.9. The summed E-state index contributed by atoms with van der Waals surface area (Å²) in [5.74, 6) is 0. The van der Waals surface area contributed by atoms with Crippen LogP contribution in [0.25, 0.3) is 21.3 Å². The molecule has 84 valence electrons. The summed E-state index contributed by atoms with van der Waals surface area (Å²) in [4.78, 5) is 14.7. The third-order valence-corrected chi connectivity index (χ3v) is 3.21. The van der Waals surface area contributed by atoms with Crippen LogP contribution in [0.3, 0.4) is 0 Å². The minimum atomic E-state index is -0.0421. The first-order chi connectivity index (χ1) is 8.31. The molecule has 3 rings (SSSR count). The first-order valence-corrected chi connectivity index (χ1v) is 5.45. The van der Waals surface area contributed by atoms with Crippen molar-refractivity contribution in [3.05, 3.63) is 56.7 Å². The van der Waals surface area contributed by atoms with Gasteiger partial charge in [-0.3, -0.25) is 4.79 Å². The van der Waals surface area contributed by atoms with E-state index in [0.29, 0.717) is 6.54 Å². The molecule has 1 unspecified atom stereocenters. The van der Waals surface area contributed by atoms with Crippen LogP contribution in [0.2, 0.25) is 0 Å². The van der Waals surface area contributed by atoms with Gasteiger partial charge >= 0.3 is 0 Å². The molecule has 5 nitrogen and oxygen atoms in total. The van der Waals surface area contributed by atoms with E-state index in [-0.39, 0.29) is 11.6 Å². The minimum Gasteiger partial charge on any atom is -0.304 e. The van der Waals surface area contributed by atoms with E-state index in [1.165, 1.54) is 0 Å². The van der Waals surface area contributed by atoms with Crippen molar-refractivity contribution < 1.29 is 0 Å². The Morgan fingerprint density at radius 3 is 3.12 bits per heavy atom. The summed E-state index contributed by atoms with van der Waals surface area (Å²) in [5.41, 5.74) is 10.5. The van der Waals surface area contributed by atoms with Crippen LogP contribution in [-0.4, -0.2) is 11.1 Å². The number of pyridine rings is 1. The van der Waals surface area contributed by atoms with Gasteiger partial charge in [0.1, 0.15) is 0 Å². The van der Waals surface area contributed by atoms with Crippen molar-refractivity contribution in [2.45, 2.75) is 12.5 Å². The quantitative estimate of drug-likeness (QED) is 0.440. The van der Waals surface area contributed by atoms with Crippen molar-refractivity contribution in [3.63, 3.8) is 0 Å². The largest absolute Gasteiger partial charge is 0.304 e. The first-order valence-electron chi connectivity index (χ1n) is 5.45. The molecule has 0 N–H and O–H groups in total. The summed E-state index contributed by atoms with van der Waals surface area (Å²) in [7, 11) is 0. The molecule has 0 aliphatic carbocycles. The number of hydrogen-bond donors (Lipinski definition) is 0. The third-order valence-electron chi connectivity index (χ3n) is 3.21. The molecule has 0 bridgehead atoms. The number of nitrogens with zero attached hydrogens (tertiary/aromatic N) is 4. The van der Waals surface area contributed by atoms with Crippen molar-refractivity contribution in [3.8, 4) is 0 Å². The Hall–Kier alpha value is -2.26. The van der Waals surface area contributed by atoms with Crippen molar-refractivity contribution in [1.29, 1.82) is 0 Å². The number of hydrogen-bond acceptors (Lipinski definition) is 2. The van der Waals surface area contributed by atoms with Gasteiger partial charge in [0.25, 0.3) is 5.56 Å². The third kappa shape index (κ3) is 1.40. The van der Waals surface area contributed by atoms with Crippen molar-refractivity contribution in [2.75, 3.05) is 6.54 Å². The predicted octanol–water partition coefficient (Wildman–Crippen LogP) is 2.41. The zero-order valence-electron chi connectivity index (χ0n) is 9.08. The lowest BCUT2D eigenvalue weighted by atomic mass is 10.1. The Morgan fingerprint density at radius 1 is 1.41 bits per heavy atom. The molecule has 0 saturated heterocycles. The average molecular weight is 226 g/mol. The van der Waals surface area contributed by atoms with Gasteiger partial charge in [-0.15, -0.1) is 0 Å². The second kappa shape index (κ2) is 3.64. The second-order valence-corrected chi connectivity index (χ2v) is 4.17. The van der Waals surface area contributed by atoms with Crippen LogP contribution >= 0.6 is 0 Å². The van der Waals surface area contributed by atoms with Gasteiger partial charge in [-0.1, -0.05) is 23.3 Å². The number of azide groups is 1. The summed E-state index contributed by atoms with van der Waals surface area (Å²) in [6.45, 7) is 0.324. The number of benzene rings is 1. The van der Waals surface area contributed by atoms with Gasteiger partial charge < -0.3 is 4.57 Å². The van der Waals surface area contributed by atoms with Crippen LogP contribution in [0.4, 0.5) is 0 Å². The topological polar surface area (TPSA) is 70.8 Å². The Labute approximate surface area is 96.9 Å². The molecule has 1 aromatic carbocycles. The fourth-order valence-electron chi connectivity index (χ4n) is 2.54. The molecule has 1 aliphatic heterocycles. The lowest BCUT2D eigenvalue weighted by Crippen LogP contribution is -2.23. The molecular formula is C12H10N4O. The Kier molecular flexibility index (Phi) is 2.13. The number of rotatable bonds is 2. The maximum Gasteiger partial charge on any atom is 0.251 e. The Balaban J connectivity index is 2.27. The van der Waals surface area contributed by atoms with Crippen LogP contribution in [-0.2, 0) is 6.42 Å². The summed E-state index contributed by atoms with van der Waals surface area (Å²) in [5, 5.41) is 4.65. The molecule has 0 spiro atoms. The molecule has 0 amide bonds. The maximum absolute atomic E-state index is 11.9. The average Bonchev–Trinajstić information content (AvgIpc) is 2.72. The molecule has 0 saturated carbocycles. The van der Waals surface area contributed by atoms with Crippen LogP contribution in [0.5, 0.6) is 0 Å². The van der Waals surface area contributed by atoms with E-state index in [4.69, 9.17) is 5.53 Å². The Morgan fingerprint density at radius 2 is 2.29 bits per heavy atom. The highest BCUT2D eigenvalue weighted by Gasteiger charge is 2.23. The van der Waals surface area contributed by atoms with Crippen molar-refractivity contribution >= 4 is 10.9 Å². The lowest BCUT2D eigenvalue weighted by Gasteiger charge is -2.10. The number of aromatic nitrogens is 1. The number of para-hydroxylation sites is 1. The minimum absolute atomic E-state index is 0.0272. The van der Waals surface area contributed by atoms with Crippen LogP contribution in [0.15, 0.2) is 40.2 Å². The standard InChI is InChI=1S/C12H10N4O/c13-15-14-7-10-6-9-3-1-2-8-4-5-11(17)16(10)12(8)9/h1-5,10H,6-7H2. The van der Waals surface area contributed by atoms with Crippen LogP contribution in [0, 0.1) is 0 Å². The van der Waals surface area contributed by atoms with Crippen LogP contribution < -0.4 is 5.56 Å². The van der Waals surface area contributed by atoms with Crippen molar-refractivity contribution in [2.24, 2.45) is 5.11 Å². The highest BCUT2D eigenvalue weighted by Crippen LogP contribution is 2.30. The van der Waals surface area contributed by atoms with Crippen molar-refractivity contribution in [1.82, 2.24) is 4.57 Å². The normalized spacial score (nSPS) is 17.1. The molecule has 2 aromatic rings. The molecule has 1 aliphatic rings. The molecule has 5 heteroatoms. The van der Waals surface area contributed by atoms with E-state index in [2.05, 4.69) is 10.0 Å². The van der Waals surface area contributed by atoms with Gasteiger partial charge in [-0.2, -0.15) is 0 Å². The molecule has 0 fully saturated rings. The first kappa shape index (κ1) is 9.93. The fourth-order valence-corrected chi connectivity index (χ4v) is 2.54. The molecule has 1 aromatic heterocycles. The molecule has 17 heavy (non-hydrogen) atoms. The molecule has 2 heterocycles. The van der Waals surface area contributed by atoms with E-state index in [1.54, 1.807) is 10.6 Å².